The van der Waals surface area contributed by atoms with Crippen LogP contribution in [0.3, 0.4) is 0 Å². The second-order valence-electron chi connectivity index (χ2n) is 3.02. The fourth-order valence-corrected chi connectivity index (χ4v) is 2.07. The van der Waals surface area contributed by atoms with Gasteiger partial charge in [-0.3, -0.25) is 0 Å². The molecule has 0 aromatic carbocycles. The second-order valence-corrected chi connectivity index (χ2v) is 4.46. The average molecular weight is 219 g/mol. The Hall–Kier alpha value is -0.320. The fourth-order valence-electron chi connectivity index (χ4n) is 1.37. The van der Waals surface area contributed by atoms with Crippen molar-refractivity contribution >= 4 is 28.8 Å². The van der Waals surface area contributed by atoms with Crippen LogP contribution in [0.5, 0.6) is 0 Å². The van der Waals surface area contributed by atoms with E-state index in [9.17, 15) is 0 Å². The lowest BCUT2D eigenvalue weighted by atomic mass is 10.1. The van der Waals surface area contributed by atoms with Crippen molar-refractivity contribution in [1.29, 1.82) is 0 Å². The van der Waals surface area contributed by atoms with Crippen LogP contribution in [-0.2, 0) is 4.74 Å². The normalized spacial score (nSPS) is 18.8. The zero-order chi connectivity index (χ0) is 9.10. The van der Waals surface area contributed by atoms with Crippen molar-refractivity contribution in [2.45, 2.75) is 18.9 Å². The van der Waals surface area contributed by atoms with Gasteiger partial charge in [0.2, 0.25) is 0 Å². The molecular weight excluding hydrogens is 208 g/mol. The average Bonchev–Trinajstić information content (AvgIpc) is 2.53. The molecule has 2 rings (SSSR count). The van der Waals surface area contributed by atoms with Gasteiger partial charge in [-0.25, -0.2) is 4.98 Å². The molecule has 0 saturated carbocycles. The monoisotopic (exact) mass is 218 g/mol. The largest absolute Gasteiger partial charge is 0.381 e. The Morgan fingerprint density at radius 2 is 2.31 bits per heavy atom. The van der Waals surface area contributed by atoms with Crippen LogP contribution in [-0.4, -0.2) is 24.2 Å². The van der Waals surface area contributed by atoms with Crippen molar-refractivity contribution in [1.82, 2.24) is 4.98 Å². The highest BCUT2D eigenvalue weighted by atomic mass is 35.5. The zero-order valence-electron chi connectivity index (χ0n) is 7.12. The van der Waals surface area contributed by atoms with E-state index in [-0.39, 0.29) is 0 Å². The van der Waals surface area contributed by atoms with Gasteiger partial charge >= 0.3 is 0 Å². The molecule has 0 unspecified atom stereocenters. The van der Waals surface area contributed by atoms with E-state index in [1.807, 2.05) is 5.38 Å². The van der Waals surface area contributed by atoms with Gasteiger partial charge in [0, 0.05) is 24.6 Å². The highest BCUT2D eigenvalue weighted by Crippen LogP contribution is 2.21. The standard InChI is InChI=1S/C8H11ClN2OS/c9-8-11-7(5-13-8)10-6-1-3-12-4-2-6/h5-6,10H,1-4H2. The summed E-state index contributed by atoms with van der Waals surface area (Å²) in [6.07, 6.45) is 2.10. The maximum Gasteiger partial charge on any atom is 0.185 e. The number of ether oxygens (including phenoxy) is 1. The first kappa shape index (κ1) is 9.24. The topological polar surface area (TPSA) is 34.2 Å². The van der Waals surface area contributed by atoms with Gasteiger partial charge in [-0.05, 0) is 12.8 Å². The summed E-state index contributed by atoms with van der Waals surface area (Å²) in [6.45, 7) is 1.69. The van der Waals surface area contributed by atoms with Crippen LogP contribution in [0, 0.1) is 0 Å². The van der Waals surface area contributed by atoms with Crippen LogP contribution in [0.15, 0.2) is 5.38 Å². The van der Waals surface area contributed by atoms with E-state index < -0.39 is 0 Å². The van der Waals surface area contributed by atoms with E-state index in [2.05, 4.69) is 10.3 Å². The van der Waals surface area contributed by atoms with E-state index in [0.29, 0.717) is 10.5 Å². The Labute approximate surface area is 86.1 Å². The van der Waals surface area contributed by atoms with Gasteiger partial charge in [-0.1, -0.05) is 11.6 Å². The van der Waals surface area contributed by atoms with Gasteiger partial charge in [0.15, 0.2) is 4.47 Å². The lowest BCUT2D eigenvalue weighted by Gasteiger charge is -2.22. The van der Waals surface area contributed by atoms with Crippen molar-refractivity contribution in [3.63, 3.8) is 0 Å². The van der Waals surface area contributed by atoms with E-state index in [1.54, 1.807) is 0 Å². The number of rotatable bonds is 2. The lowest BCUT2D eigenvalue weighted by Crippen LogP contribution is -2.27. The van der Waals surface area contributed by atoms with E-state index in [1.165, 1.54) is 11.3 Å². The van der Waals surface area contributed by atoms with Gasteiger partial charge in [-0.2, -0.15) is 0 Å². The first-order valence-corrected chi connectivity index (χ1v) is 5.55. The van der Waals surface area contributed by atoms with Crippen LogP contribution in [0.25, 0.3) is 0 Å². The number of nitrogens with zero attached hydrogens (tertiary/aromatic N) is 1. The third kappa shape index (κ3) is 2.56. The van der Waals surface area contributed by atoms with Gasteiger partial charge in [0.05, 0.1) is 0 Å². The fraction of sp³-hybridized carbons (Fsp3) is 0.625. The molecule has 5 heteroatoms. The number of hydrogen-bond acceptors (Lipinski definition) is 4. The molecular formula is C8H11ClN2OS. The molecule has 0 aliphatic carbocycles. The molecule has 72 valence electrons. The van der Waals surface area contributed by atoms with Crippen LogP contribution in [0.2, 0.25) is 4.47 Å². The summed E-state index contributed by atoms with van der Waals surface area (Å²) in [5.41, 5.74) is 0. The van der Waals surface area contributed by atoms with Gasteiger partial charge in [-0.15, -0.1) is 11.3 Å². The summed E-state index contributed by atoms with van der Waals surface area (Å²) in [4.78, 5) is 4.14. The Morgan fingerprint density at radius 3 is 2.92 bits per heavy atom. The van der Waals surface area contributed by atoms with Crippen LogP contribution in [0.4, 0.5) is 5.82 Å². The summed E-state index contributed by atoms with van der Waals surface area (Å²) in [5, 5.41) is 5.28. The summed E-state index contributed by atoms with van der Waals surface area (Å²) < 4.78 is 5.85. The number of aromatic nitrogens is 1. The zero-order valence-corrected chi connectivity index (χ0v) is 8.70. The van der Waals surface area contributed by atoms with E-state index in [4.69, 9.17) is 16.3 Å². The minimum absolute atomic E-state index is 0.493. The number of nitrogens with one attached hydrogen (secondary N) is 1. The smallest absolute Gasteiger partial charge is 0.185 e. The maximum absolute atomic E-state index is 5.72. The third-order valence-electron chi connectivity index (χ3n) is 2.05. The van der Waals surface area contributed by atoms with Gasteiger partial charge in [0.25, 0.3) is 0 Å². The highest BCUT2D eigenvalue weighted by molar-refractivity contribution is 7.14. The van der Waals surface area contributed by atoms with Crippen LogP contribution < -0.4 is 5.32 Å². The predicted octanol–water partition coefficient (Wildman–Crippen LogP) is 2.39. The summed E-state index contributed by atoms with van der Waals surface area (Å²) in [6, 6.07) is 0.493. The molecule has 2 heterocycles. The number of hydrogen-bond donors (Lipinski definition) is 1. The Kier molecular flexibility index (Phi) is 3.03. The summed E-state index contributed by atoms with van der Waals surface area (Å²) in [7, 11) is 0. The maximum atomic E-state index is 5.72. The van der Waals surface area contributed by atoms with E-state index >= 15 is 0 Å². The second kappa shape index (κ2) is 4.26. The molecule has 1 aliphatic rings. The molecule has 1 aliphatic heterocycles. The van der Waals surface area contributed by atoms with Crippen molar-refractivity contribution in [2.24, 2.45) is 0 Å². The first-order valence-electron chi connectivity index (χ1n) is 4.30. The molecule has 0 radical (unpaired) electrons. The summed E-state index contributed by atoms with van der Waals surface area (Å²) in [5.74, 6) is 0.891. The van der Waals surface area contributed by atoms with Crippen molar-refractivity contribution < 1.29 is 4.74 Å². The van der Waals surface area contributed by atoms with Crippen LogP contribution in [0.1, 0.15) is 12.8 Å². The molecule has 0 bridgehead atoms. The molecule has 1 aromatic heterocycles. The minimum Gasteiger partial charge on any atom is -0.381 e. The third-order valence-corrected chi connectivity index (χ3v) is 3.03. The number of anilines is 1. The van der Waals surface area contributed by atoms with Gasteiger partial charge in [0.1, 0.15) is 5.82 Å². The SMILES string of the molecule is Clc1nc(NC2CCOCC2)cs1. The lowest BCUT2D eigenvalue weighted by molar-refractivity contribution is 0.0904. The Bertz CT molecular complexity index is 273. The molecule has 0 amide bonds. The van der Waals surface area contributed by atoms with Crippen molar-refractivity contribution in [2.75, 3.05) is 18.5 Å². The Morgan fingerprint density at radius 1 is 1.54 bits per heavy atom. The summed E-state index contributed by atoms with van der Waals surface area (Å²) >= 11 is 7.17. The van der Waals surface area contributed by atoms with Crippen molar-refractivity contribution in [3.8, 4) is 0 Å². The minimum atomic E-state index is 0.493. The molecule has 13 heavy (non-hydrogen) atoms. The van der Waals surface area contributed by atoms with E-state index in [0.717, 1.165) is 31.9 Å². The highest BCUT2D eigenvalue weighted by Gasteiger charge is 2.14. The number of thiazole rings is 1. The molecule has 1 saturated heterocycles. The molecule has 1 N–H and O–H groups in total. The van der Waals surface area contributed by atoms with Crippen molar-refractivity contribution in [3.05, 3.63) is 9.85 Å². The van der Waals surface area contributed by atoms with Gasteiger partial charge < -0.3 is 10.1 Å². The first-order chi connectivity index (χ1) is 6.34. The Balaban J connectivity index is 1.89. The molecule has 3 nitrogen and oxygen atoms in total. The predicted molar refractivity (Wildman–Crippen MR) is 54.6 cm³/mol. The van der Waals surface area contributed by atoms with Crippen LogP contribution >= 0.6 is 22.9 Å². The molecule has 1 fully saturated rings. The molecule has 0 atom stereocenters. The quantitative estimate of drug-likeness (QED) is 0.828. The molecule has 1 aromatic rings. The number of halogens is 1. The molecule has 0 spiro atoms.